The van der Waals surface area contributed by atoms with Crippen LogP contribution in [0.5, 0.6) is 0 Å². The van der Waals surface area contributed by atoms with Crippen molar-refractivity contribution in [3.05, 3.63) is 10.1 Å². The molecule has 0 fully saturated rings. The first-order valence-electron chi connectivity index (χ1n) is 3.48. The van der Waals surface area contributed by atoms with Crippen LogP contribution in [0.1, 0.15) is 20.8 Å². The maximum atomic E-state index is 10.5. The van der Waals surface area contributed by atoms with E-state index < -0.39 is 22.3 Å². The Morgan fingerprint density at radius 3 is 1.92 bits per heavy atom. The molecule has 0 rings (SSSR count). The Morgan fingerprint density at radius 2 is 1.92 bits per heavy atom. The summed E-state index contributed by atoms with van der Waals surface area (Å²) in [7, 11) is 0. The Balaban J connectivity index is 5.02. The van der Waals surface area contributed by atoms with Gasteiger partial charge in [0.1, 0.15) is 6.10 Å². The number of nitrogens with two attached hydrogens (primary N) is 1. The van der Waals surface area contributed by atoms with Crippen molar-refractivity contribution in [2.24, 2.45) is 5.73 Å². The number of hydrogen-bond acceptors (Lipinski definition) is 5. The lowest BCUT2D eigenvalue weighted by molar-refractivity contribution is -0.601. The monoisotopic (exact) mass is 178 g/mol. The van der Waals surface area contributed by atoms with Crippen molar-refractivity contribution in [1.82, 2.24) is 0 Å². The summed E-state index contributed by atoms with van der Waals surface area (Å²) in [6.45, 7) is 3.39. The van der Waals surface area contributed by atoms with Gasteiger partial charge in [-0.3, -0.25) is 15.8 Å². The van der Waals surface area contributed by atoms with Crippen molar-refractivity contribution < 1.29 is 15.1 Å². The van der Waals surface area contributed by atoms with E-state index in [4.69, 9.17) is 10.8 Å². The van der Waals surface area contributed by atoms with E-state index in [-0.39, 0.29) is 0 Å². The third kappa shape index (κ3) is 1.55. The predicted molar refractivity (Wildman–Crippen MR) is 41.9 cm³/mol. The molecule has 0 radical (unpaired) electrons. The Bertz CT molecular complexity index is 186. The Kier molecular flexibility index (Phi) is 2.79. The largest absolute Gasteiger partial charge is 0.386 e. The van der Waals surface area contributed by atoms with Gasteiger partial charge in [-0.1, -0.05) is 0 Å². The summed E-state index contributed by atoms with van der Waals surface area (Å²) >= 11 is 0. The lowest BCUT2D eigenvalue weighted by Crippen LogP contribution is -2.66. The summed E-state index contributed by atoms with van der Waals surface area (Å²) in [4.78, 5) is 9.73. The summed E-state index contributed by atoms with van der Waals surface area (Å²) in [5.41, 5.74) is 1.17. The maximum absolute atomic E-state index is 10.5. The minimum absolute atomic E-state index is 0.780. The second-order valence-electron chi connectivity index (χ2n) is 3.23. The predicted octanol–water partition coefficient (Wildman–Crippen LogP) is -0.930. The fourth-order valence-electron chi connectivity index (χ4n) is 0.760. The van der Waals surface area contributed by atoms with E-state index in [0.29, 0.717) is 0 Å². The van der Waals surface area contributed by atoms with Gasteiger partial charge >= 0.3 is 0 Å². The van der Waals surface area contributed by atoms with Gasteiger partial charge in [0.2, 0.25) is 0 Å². The highest BCUT2D eigenvalue weighted by atomic mass is 16.6. The van der Waals surface area contributed by atoms with Crippen LogP contribution in [-0.4, -0.2) is 32.5 Å². The molecule has 72 valence electrons. The van der Waals surface area contributed by atoms with E-state index in [1.165, 1.54) is 6.92 Å². The lowest BCUT2D eigenvalue weighted by Gasteiger charge is -2.33. The molecule has 0 aromatic heterocycles. The summed E-state index contributed by atoms with van der Waals surface area (Å²) in [6, 6.07) is 0. The molecule has 4 N–H and O–H groups in total. The van der Waals surface area contributed by atoms with Gasteiger partial charge in [0.05, 0.1) is 0 Å². The van der Waals surface area contributed by atoms with Crippen LogP contribution in [0.2, 0.25) is 0 Å². The van der Waals surface area contributed by atoms with E-state index in [0.717, 1.165) is 13.8 Å². The molecule has 0 amide bonds. The molecule has 0 aliphatic rings. The van der Waals surface area contributed by atoms with Crippen molar-refractivity contribution in [3.63, 3.8) is 0 Å². The Labute approximate surface area is 70.1 Å². The van der Waals surface area contributed by atoms with Crippen molar-refractivity contribution in [1.29, 1.82) is 0 Å². The zero-order valence-electron chi connectivity index (χ0n) is 7.31. The highest BCUT2D eigenvalue weighted by Crippen LogP contribution is 2.24. The van der Waals surface area contributed by atoms with Crippen LogP contribution in [0.3, 0.4) is 0 Å². The van der Waals surface area contributed by atoms with Gasteiger partial charge in [-0.05, 0) is 13.8 Å². The molecular weight excluding hydrogens is 164 g/mol. The maximum Gasteiger partial charge on any atom is 0.285 e. The topological polar surface area (TPSA) is 110 Å². The summed E-state index contributed by atoms with van der Waals surface area (Å²) in [6.07, 6.45) is -1.33. The molecule has 0 bridgehead atoms. The molecular formula is C6H14N2O4. The normalized spacial score (nSPS) is 23.8. The quantitative estimate of drug-likeness (QED) is 0.294. The van der Waals surface area contributed by atoms with E-state index >= 15 is 0 Å². The van der Waals surface area contributed by atoms with Gasteiger partial charge < -0.3 is 10.2 Å². The average Bonchev–Trinajstić information content (AvgIpc) is 1.82. The van der Waals surface area contributed by atoms with Crippen molar-refractivity contribution in [2.75, 3.05) is 0 Å². The molecule has 12 heavy (non-hydrogen) atoms. The van der Waals surface area contributed by atoms with Crippen LogP contribution in [-0.2, 0) is 0 Å². The highest BCUT2D eigenvalue weighted by molar-refractivity contribution is 4.93. The SMILES string of the molecule is CC(O)C(C)([N+](=O)[O-])C(C)(N)O. The van der Waals surface area contributed by atoms with E-state index in [1.54, 1.807) is 0 Å². The molecule has 6 nitrogen and oxygen atoms in total. The van der Waals surface area contributed by atoms with Crippen LogP contribution < -0.4 is 5.73 Å². The first-order chi connectivity index (χ1) is 5.14. The Morgan fingerprint density at radius 1 is 1.58 bits per heavy atom. The molecule has 0 heterocycles. The summed E-state index contributed by atoms with van der Waals surface area (Å²) in [5, 5.41) is 28.9. The number of aliphatic hydroxyl groups excluding tert-OH is 1. The molecule has 0 aromatic rings. The van der Waals surface area contributed by atoms with Crippen LogP contribution >= 0.6 is 0 Å². The number of nitro groups is 1. The van der Waals surface area contributed by atoms with E-state index in [2.05, 4.69) is 0 Å². The fraction of sp³-hybridized carbons (Fsp3) is 1.00. The van der Waals surface area contributed by atoms with Crippen LogP contribution in [0.15, 0.2) is 0 Å². The van der Waals surface area contributed by atoms with Gasteiger partial charge in [-0.25, -0.2) is 0 Å². The molecule has 3 unspecified atom stereocenters. The third-order valence-corrected chi connectivity index (χ3v) is 2.22. The molecule has 0 aliphatic heterocycles. The van der Waals surface area contributed by atoms with E-state index in [1.807, 2.05) is 0 Å². The van der Waals surface area contributed by atoms with Crippen LogP contribution in [0, 0.1) is 10.1 Å². The summed E-state index contributed by atoms with van der Waals surface area (Å²) in [5.74, 6) is 0. The van der Waals surface area contributed by atoms with Crippen LogP contribution in [0.25, 0.3) is 0 Å². The molecule has 0 spiro atoms. The minimum atomic E-state index is -2.05. The molecule has 3 atom stereocenters. The molecule has 0 saturated carbocycles. The lowest BCUT2D eigenvalue weighted by atomic mass is 9.86. The van der Waals surface area contributed by atoms with Gasteiger partial charge in [-0.15, -0.1) is 0 Å². The Hall–Kier alpha value is -0.720. The first kappa shape index (κ1) is 11.3. The van der Waals surface area contributed by atoms with Crippen molar-refractivity contribution in [2.45, 2.75) is 38.1 Å². The zero-order chi connectivity index (χ0) is 10.2. The average molecular weight is 178 g/mol. The van der Waals surface area contributed by atoms with Crippen molar-refractivity contribution in [3.8, 4) is 0 Å². The van der Waals surface area contributed by atoms with Crippen LogP contribution in [0.4, 0.5) is 0 Å². The van der Waals surface area contributed by atoms with Gasteiger partial charge in [0, 0.05) is 11.8 Å². The zero-order valence-corrected chi connectivity index (χ0v) is 7.31. The molecule has 0 saturated heterocycles. The molecule has 6 heteroatoms. The van der Waals surface area contributed by atoms with Gasteiger partial charge in [-0.2, -0.15) is 0 Å². The van der Waals surface area contributed by atoms with Gasteiger partial charge in [0.25, 0.3) is 5.54 Å². The van der Waals surface area contributed by atoms with Crippen molar-refractivity contribution >= 4 is 0 Å². The minimum Gasteiger partial charge on any atom is -0.386 e. The standard InChI is InChI=1S/C6H14N2O4/c1-4(9)5(2,8(11)12)6(3,7)10/h4,9-10H,7H2,1-3H3. The number of aliphatic hydroxyl groups is 2. The first-order valence-corrected chi connectivity index (χ1v) is 3.48. The smallest absolute Gasteiger partial charge is 0.285 e. The summed E-state index contributed by atoms with van der Waals surface area (Å²) < 4.78 is 0. The number of rotatable bonds is 3. The second kappa shape index (κ2) is 2.96. The highest BCUT2D eigenvalue weighted by Gasteiger charge is 2.56. The van der Waals surface area contributed by atoms with E-state index in [9.17, 15) is 15.2 Å². The number of nitrogens with zero attached hydrogens (tertiary/aromatic N) is 1. The number of hydrogen-bond donors (Lipinski definition) is 3. The fourth-order valence-corrected chi connectivity index (χ4v) is 0.760. The third-order valence-electron chi connectivity index (χ3n) is 2.22. The van der Waals surface area contributed by atoms with Gasteiger partial charge in [0.15, 0.2) is 5.72 Å². The molecule has 0 aliphatic carbocycles. The second-order valence-corrected chi connectivity index (χ2v) is 3.23. The molecule has 0 aromatic carbocycles.